The Bertz CT molecular complexity index is 485. The van der Waals surface area contributed by atoms with Gasteiger partial charge in [0.2, 0.25) is 11.7 Å². The molecule has 1 aliphatic carbocycles. The zero-order valence-electron chi connectivity index (χ0n) is 13.5. The van der Waals surface area contributed by atoms with Crippen LogP contribution in [0.1, 0.15) is 45.4 Å². The number of nitrogens with one attached hydrogen (secondary N) is 2. The number of esters is 1. The molecule has 8 heteroatoms. The zero-order chi connectivity index (χ0) is 17.2. The van der Waals surface area contributed by atoms with Gasteiger partial charge < -0.3 is 10.1 Å². The molecule has 0 heterocycles. The van der Waals surface area contributed by atoms with Crippen LogP contribution in [-0.2, 0) is 19.1 Å². The summed E-state index contributed by atoms with van der Waals surface area (Å²) in [4.78, 5) is 38.7. The standard InChI is InChI=1S/C15H23N3O4S/c1-10(23-2)14(20)18-13(8-7-11(19)9-17-16)15(21)22-12-5-3-4-6-12/h9-10,12-13,16H,3-8H2,1-2H3/p+1/t10-,13-/m0/s1. The summed E-state index contributed by atoms with van der Waals surface area (Å²) in [5, 5.41) is 2.37. The Kier molecular flexibility index (Phi) is 8.58. The Labute approximate surface area is 140 Å². The monoisotopic (exact) mass is 342 g/mol. The van der Waals surface area contributed by atoms with E-state index in [-0.39, 0.29) is 35.9 Å². The van der Waals surface area contributed by atoms with Crippen LogP contribution < -0.4 is 5.32 Å². The summed E-state index contributed by atoms with van der Waals surface area (Å²) in [6, 6.07) is -0.846. The number of carbonyl (C=O) groups is 3. The highest BCUT2D eigenvalue weighted by molar-refractivity contribution is 7.99. The Morgan fingerprint density at radius 2 is 2.04 bits per heavy atom. The quantitative estimate of drug-likeness (QED) is 0.284. The van der Waals surface area contributed by atoms with Crippen LogP contribution in [0.5, 0.6) is 0 Å². The average Bonchev–Trinajstić information content (AvgIpc) is 3.03. The molecule has 1 fully saturated rings. The third kappa shape index (κ3) is 6.97. The lowest BCUT2D eigenvalue weighted by Crippen LogP contribution is -2.45. The molecule has 7 nitrogen and oxygen atoms in total. The summed E-state index contributed by atoms with van der Waals surface area (Å²) < 4.78 is 5.44. The van der Waals surface area contributed by atoms with Gasteiger partial charge in [-0.25, -0.2) is 4.79 Å². The molecule has 23 heavy (non-hydrogen) atoms. The van der Waals surface area contributed by atoms with Gasteiger partial charge in [-0.1, -0.05) is 0 Å². The van der Waals surface area contributed by atoms with Crippen LogP contribution >= 0.6 is 11.8 Å². The van der Waals surface area contributed by atoms with Crippen molar-refractivity contribution < 1.29 is 23.9 Å². The van der Waals surface area contributed by atoms with Crippen molar-refractivity contribution in [1.29, 1.82) is 5.53 Å². The molecular weight excluding hydrogens is 318 g/mol. The highest BCUT2D eigenvalue weighted by Gasteiger charge is 2.28. The van der Waals surface area contributed by atoms with E-state index in [0.717, 1.165) is 31.9 Å². The molecule has 1 aliphatic rings. The van der Waals surface area contributed by atoms with E-state index in [2.05, 4.69) is 10.1 Å². The van der Waals surface area contributed by atoms with Crippen LogP contribution in [0.25, 0.3) is 0 Å². The second-order valence-electron chi connectivity index (χ2n) is 5.55. The highest BCUT2D eigenvalue weighted by Crippen LogP contribution is 2.21. The summed E-state index contributed by atoms with van der Waals surface area (Å²) in [5.41, 5.74) is 6.63. The number of thioether (sulfide) groups is 1. The van der Waals surface area contributed by atoms with E-state index in [0.29, 0.717) is 0 Å². The fraction of sp³-hybridized carbons (Fsp3) is 0.733. The van der Waals surface area contributed by atoms with Gasteiger partial charge >= 0.3 is 12.2 Å². The summed E-state index contributed by atoms with van der Waals surface area (Å²) in [6.45, 7) is 1.75. The first-order valence-electron chi connectivity index (χ1n) is 7.74. The largest absolute Gasteiger partial charge is 0.461 e. The van der Waals surface area contributed by atoms with Gasteiger partial charge in [-0.05, 0) is 45.3 Å². The smallest absolute Gasteiger partial charge is 0.372 e. The van der Waals surface area contributed by atoms with E-state index < -0.39 is 12.0 Å². The van der Waals surface area contributed by atoms with E-state index in [1.807, 2.05) is 6.26 Å². The van der Waals surface area contributed by atoms with Crippen molar-refractivity contribution >= 4 is 35.6 Å². The topological polar surface area (TPSA) is 110 Å². The van der Waals surface area contributed by atoms with Crippen LogP contribution in [-0.4, -0.2) is 52.3 Å². The number of nitrogens with zero attached hydrogens (tertiary/aromatic N) is 1. The fourth-order valence-electron chi connectivity index (χ4n) is 2.32. The molecule has 0 unspecified atom stereocenters. The zero-order valence-corrected chi connectivity index (χ0v) is 14.4. The molecule has 1 rings (SSSR count). The second kappa shape index (κ2) is 10.2. The molecule has 0 aliphatic heterocycles. The fourth-order valence-corrected chi connectivity index (χ4v) is 2.60. The molecule has 0 aromatic carbocycles. The minimum absolute atomic E-state index is 0.0285. The van der Waals surface area contributed by atoms with Crippen LogP contribution in [0.2, 0.25) is 0 Å². The molecule has 128 valence electrons. The summed E-state index contributed by atoms with van der Waals surface area (Å²) in [6.07, 6.45) is 6.55. The van der Waals surface area contributed by atoms with Gasteiger partial charge in [0.1, 0.15) is 12.1 Å². The van der Waals surface area contributed by atoms with E-state index in [9.17, 15) is 14.4 Å². The van der Waals surface area contributed by atoms with Gasteiger partial charge in [0.25, 0.3) is 0 Å². The predicted molar refractivity (Wildman–Crippen MR) is 86.5 cm³/mol. The second-order valence-corrected chi connectivity index (χ2v) is 6.72. The number of ether oxygens (including phenoxy) is 1. The molecule has 0 aromatic rings. The molecule has 0 saturated heterocycles. The minimum Gasteiger partial charge on any atom is -0.461 e. The molecule has 1 saturated carbocycles. The van der Waals surface area contributed by atoms with Crippen LogP contribution in [0.4, 0.5) is 0 Å². The van der Waals surface area contributed by atoms with Crippen LogP contribution in [0, 0.1) is 5.53 Å². The van der Waals surface area contributed by atoms with Crippen molar-refractivity contribution in [3.8, 4) is 0 Å². The third-order valence-corrected chi connectivity index (χ3v) is 4.72. The van der Waals surface area contributed by atoms with Gasteiger partial charge in [-0.2, -0.15) is 11.8 Å². The molecule has 1 amide bonds. The molecular formula is C15H24N3O4S+. The first-order chi connectivity index (χ1) is 11.0. The minimum atomic E-state index is -0.846. The summed E-state index contributed by atoms with van der Waals surface area (Å²) >= 11 is 1.37. The lowest BCUT2D eigenvalue weighted by molar-refractivity contribution is -0.153. The Hall–Kier alpha value is -1.66. The van der Waals surface area contributed by atoms with Crippen molar-refractivity contribution in [2.75, 3.05) is 6.26 Å². The van der Waals surface area contributed by atoms with Gasteiger partial charge in [-0.15, -0.1) is 0 Å². The first-order valence-corrected chi connectivity index (χ1v) is 9.03. The molecule has 2 atom stereocenters. The number of hydrogen-bond acceptors (Lipinski definition) is 6. The molecule has 0 radical (unpaired) electrons. The number of Topliss-reactive ketones (excluding diaryl/α,β-unsaturated/α-hetero) is 1. The van der Waals surface area contributed by atoms with Gasteiger partial charge in [0, 0.05) is 6.42 Å². The highest BCUT2D eigenvalue weighted by atomic mass is 32.2. The van der Waals surface area contributed by atoms with E-state index >= 15 is 0 Å². The first kappa shape index (κ1) is 19.4. The van der Waals surface area contributed by atoms with Gasteiger partial charge in [0.15, 0.2) is 0 Å². The van der Waals surface area contributed by atoms with Crippen molar-refractivity contribution in [3.05, 3.63) is 0 Å². The Balaban J connectivity index is 2.65. The third-order valence-electron chi connectivity index (χ3n) is 3.80. The summed E-state index contributed by atoms with van der Waals surface area (Å²) in [5.74, 6) is -1.10. The SMILES string of the molecule is CS[C@@H](C)C(=O)N[C@@H](CCC(=O)C=[N+]=N)C(=O)OC1CCCC1. The maximum Gasteiger partial charge on any atom is 0.372 e. The molecule has 0 bridgehead atoms. The Morgan fingerprint density at radius 3 is 2.61 bits per heavy atom. The van der Waals surface area contributed by atoms with Crippen molar-refractivity contribution in [3.63, 3.8) is 0 Å². The molecule has 2 N–H and O–H groups in total. The van der Waals surface area contributed by atoms with Gasteiger partial charge in [0.05, 0.1) is 15.6 Å². The maximum absolute atomic E-state index is 12.3. The normalized spacial score (nSPS) is 17.0. The molecule has 0 spiro atoms. The lowest BCUT2D eigenvalue weighted by Gasteiger charge is -2.21. The number of rotatable bonds is 9. The maximum atomic E-state index is 12.3. The van der Waals surface area contributed by atoms with Crippen LogP contribution in [0.3, 0.4) is 0 Å². The molecule has 0 aromatic heterocycles. The van der Waals surface area contributed by atoms with Gasteiger partial charge in [-0.3, -0.25) is 9.59 Å². The number of hydrogen-bond donors (Lipinski definition) is 2. The average molecular weight is 342 g/mol. The summed E-state index contributed by atoms with van der Waals surface area (Å²) in [7, 11) is 0. The number of carbonyl (C=O) groups excluding carboxylic acids is 3. The van der Waals surface area contributed by atoms with Crippen LogP contribution in [0.15, 0.2) is 0 Å². The van der Waals surface area contributed by atoms with E-state index in [4.69, 9.17) is 10.3 Å². The van der Waals surface area contributed by atoms with E-state index in [1.165, 1.54) is 11.8 Å². The number of amides is 1. The van der Waals surface area contributed by atoms with Crippen molar-refractivity contribution in [2.45, 2.75) is 62.8 Å². The van der Waals surface area contributed by atoms with E-state index in [1.54, 1.807) is 6.92 Å². The van der Waals surface area contributed by atoms with Crippen molar-refractivity contribution in [1.82, 2.24) is 5.32 Å². The Morgan fingerprint density at radius 1 is 1.39 bits per heavy atom. The predicted octanol–water partition coefficient (Wildman–Crippen LogP) is 1.37. The van der Waals surface area contributed by atoms with Crippen molar-refractivity contribution in [2.24, 2.45) is 0 Å². The number of ketones is 1. The lowest BCUT2D eigenvalue weighted by atomic mass is 10.1.